The van der Waals surface area contributed by atoms with Crippen LogP contribution in [0.25, 0.3) is 17.4 Å². The lowest BCUT2D eigenvalue weighted by molar-refractivity contribution is -0.384. The maximum atomic E-state index is 13.0. The van der Waals surface area contributed by atoms with E-state index in [1.807, 2.05) is 0 Å². The summed E-state index contributed by atoms with van der Waals surface area (Å²) in [6.07, 6.45) is 1.30. The zero-order chi connectivity index (χ0) is 23.0. The van der Waals surface area contributed by atoms with Gasteiger partial charge in [-0.3, -0.25) is 29.9 Å². The van der Waals surface area contributed by atoms with Crippen molar-refractivity contribution in [3.63, 3.8) is 0 Å². The molecule has 2 heterocycles. The molecular formula is C22H14ClN3O5S. The molecule has 0 unspecified atom stereocenters. The maximum absolute atomic E-state index is 13.0. The van der Waals surface area contributed by atoms with Gasteiger partial charge in [0.2, 0.25) is 0 Å². The van der Waals surface area contributed by atoms with Gasteiger partial charge in [0.05, 0.1) is 10.6 Å². The molecule has 1 N–H and O–H groups in total. The summed E-state index contributed by atoms with van der Waals surface area (Å²) in [5.74, 6) is -0.680. The highest BCUT2D eigenvalue weighted by Crippen LogP contribution is 2.30. The van der Waals surface area contributed by atoms with Gasteiger partial charge in [-0.2, -0.15) is 0 Å². The van der Waals surface area contributed by atoms with Crippen molar-refractivity contribution < 1.29 is 18.9 Å². The highest BCUT2D eigenvalue weighted by molar-refractivity contribution is 7.80. The first-order valence-electron chi connectivity index (χ1n) is 9.27. The van der Waals surface area contributed by atoms with E-state index in [4.69, 9.17) is 28.2 Å². The fourth-order valence-electron chi connectivity index (χ4n) is 3.19. The molecule has 1 saturated heterocycles. The van der Waals surface area contributed by atoms with Crippen molar-refractivity contribution >= 4 is 58.2 Å². The van der Waals surface area contributed by atoms with E-state index >= 15 is 0 Å². The van der Waals surface area contributed by atoms with Crippen molar-refractivity contribution in [1.82, 2.24) is 5.32 Å². The van der Waals surface area contributed by atoms with Gasteiger partial charge in [-0.1, -0.05) is 17.7 Å². The number of carbonyl (C=O) groups is 2. The van der Waals surface area contributed by atoms with Crippen molar-refractivity contribution in [2.75, 3.05) is 4.90 Å². The van der Waals surface area contributed by atoms with Gasteiger partial charge in [0, 0.05) is 22.7 Å². The van der Waals surface area contributed by atoms with Crippen LogP contribution in [0.1, 0.15) is 11.3 Å². The van der Waals surface area contributed by atoms with E-state index in [9.17, 15) is 19.7 Å². The number of carbonyl (C=O) groups excluding carboxylic acids is 2. The van der Waals surface area contributed by atoms with Crippen LogP contribution in [-0.2, 0) is 9.59 Å². The molecule has 0 spiro atoms. The van der Waals surface area contributed by atoms with E-state index in [-0.39, 0.29) is 22.1 Å². The Hall–Kier alpha value is -3.82. The first-order valence-corrected chi connectivity index (χ1v) is 10.1. The minimum Gasteiger partial charge on any atom is -0.457 e. The van der Waals surface area contributed by atoms with Crippen LogP contribution >= 0.6 is 23.8 Å². The van der Waals surface area contributed by atoms with Crippen molar-refractivity contribution in [3.8, 4) is 11.3 Å². The van der Waals surface area contributed by atoms with Crippen LogP contribution < -0.4 is 10.2 Å². The number of furan rings is 1. The van der Waals surface area contributed by atoms with Crippen molar-refractivity contribution in [2.45, 2.75) is 6.92 Å². The number of nitrogens with one attached hydrogen (secondary N) is 1. The molecule has 160 valence electrons. The summed E-state index contributed by atoms with van der Waals surface area (Å²) < 4.78 is 5.77. The Balaban J connectivity index is 1.69. The lowest BCUT2D eigenvalue weighted by atomic mass is 10.1. The SMILES string of the molecule is Cc1ccc([N+](=O)[O-])cc1-c1ccc(/C=C2/C(=O)NC(=S)N(c3ccc(Cl)cc3)C2=O)o1. The average molecular weight is 468 g/mol. The Kier molecular flexibility index (Phi) is 5.60. The van der Waals surface area contributed by atoms with Crippen LogP contribution in [0, 0.1) is 17.0 Å². The molecule has 8 nitrogen and oxygen atoms in total. The number of benzene rings is 2. The Morgan fingerprint density at radius 3 is 2.53 bits per heavy atom. The Labute approximate surface area is 192 Å². The molecule has 1 aromatic heterocycles. The van der Waals surface area contributed by atoms with E-state index in [0.29, 0.717) is 22.0 Å². The molecule has 0 atom stereocenters. The molecule has 0 aliphatic carbocycles. The normalized spacial score (nSPS) is 15.2. The Morgan fingerprint density at radius 1 is 1.12 bits per heavy atom. The number of aryl methyl sites for hydroxylation is 1. The zero-order valence-electron chi connectivity index (χ0n) is 16.5. The van der Waals surface area contributed by atoms with E-state index in [1.165, 1.54) is 23.1 Å². The number of hydrogen-bond donors (Lipinski definition) is 1. The summed E-state index contributed by atoms with van der Waals surface area (Å²) in [6, 6.07) is 14.0. The van der Waals surface area contributed by atoms with Crippen LogP contribution in [0.4, 0.5) is 11.4 Å². The number of nitrogens with zero attached hydrogens (tertiary/aromatic N) is 2. The first kappa shape index (κ1) is 21.4. The highest BCUT2D eigenvalue weighted by Gasteiger charge is 2.34. The highest BCUT2D eigenvalue weighted by atomic mass is 35.5. The molecule has 0 saturated carbocycles. The summed E-state index contributed by atoms with van der Waals surface area (Å²) in [4.78, 5) is 37.3. The molecular weight excluding hydrogens is 454 g/mol. The average Bonchev–Trinajstić information content (AvgIpc) is 3.21. The number of amides is 2. The van der Waals surface area contributed by atoms with Crippen LogP contribution in [0.15, 0.2) is 64.6 Å². The van der Waals surface area contributed by atoms with Gasteiger partial charge in [-0.05, 0) is 67.2 Å². The molecule has 32 heavy (non-hydrogen) atoms. The monoisotopic (exact) mass is 467 g/mol. The molecule has 1 fully saturated rings. The minimum absolute atomic E-state index is 0.0492. The molecule has 3 aromatic rings. The van der Waals surface area contributed by atoms with Gasteiger partial charge < -0.3 is 4.42 Å². The number of non-ortho nitro benzene ring substituents is 1. The topological polar surface area (TPSA) is 106 Å². The number of nitro groups is 1. The number of hydrogen-bond acceptors (Lipinski definition) is 6. The minimum atomic E-state index is -0.658. The second-order valence-corrected chi connectivity index (χ2v) is 7.72. The third-order valence-corrected chi connectivity index (χ3v) is 5.33. The largest absolute Gasteiger partial charge is 0.457 e. The Bertz CT molecular complexity index is 1310. The van der Waals surface area contributed by atoms with Gasteiger partial charge in [0.15, 0.2) is 5.11 Å². The van der Waals surface area contributed by atoms with Crippen LogP contribution in [-0.4, -0.2) is 21.9 Å². The van der Waals surface area contributed by atoms with Crippen LogP contribution in [0.5, 0.6) is 0 Å². The van der Waals surface area contributed by atoms with Crippen LogP contribution in [0.3, 0.4) is 0 Å². The summed E-state index contributed by atoms with van der Waals surface area (Å²) in [6.45, 7) is 1.79. The smallest absolute Gasteiger partial charge is 0.270 e. The second kappa shape index (κ2) is 8.37. The molecule has 1 aliphatic heterocycles. The van der Waals surface area contributed by atoms with Gasteiger partial charge in [-0.25, -0.2) is 0 Å². The summed E-state index contributed by atoms with van der Waals surface area (Å²) in [7, 11) is 0. The first-order chi connectivity index (χ1) is 15.2. The van der Waals surface area contributed by atoms with E-state index in [0.717, 1.165) is 5.56 Å². The summed E-state index contributed by atoms with van der Waals surface area (Å²) in [5, 5.41) is 14.0. The van der Waals surface area contributed by atoms with Gasteiger partial charge >= 0.3 is 0 Å². The predicted molar refractivity (Wildman–Crippen MR) is 123 cm³/mol. The van der Waals surface area contributed by atoms with Gasteiger partial charge in [0.1, 0.15) is 17.1 Å². The Morgan fingerprint density at radius 2 is 1.84 bits per heavy atom. The fourth-order valence-corrected chi connectivity index (χ4v) is 3.60. The number of halogens is 1. The molecule has 10 heteroatoms. The van der Waals surface area contributed by atoms with Crippen LogP contribution in [0.2, 0.25) is 5.02 Å². The second-order valence-electron chi connectivity index (χ2n) is 6.89. The standard InChI is InChI=1S/C22H14ClN3O5S/c1-12-2-5-15(26(29)30)10-17(12)19-9-8-16(31-19)11-18-20(27)24-22(32)25(21(18)28)14-6-3-13(23)4-7-14/h2-11H,1H3,(H,24,27,32)/b18-11-. The van der Waals surface area contributed by atoms with E-state index in [2.05, 4.69) is 5.32 Å². The molecule has 0 radical (unpaired) electrons. The third-order valence-electron chi connectivity index (χ3n) is 4.80. The fraction of sp³-hybridized carbons (Fsp3) is 0.0455. The summed E-state index contributed by atoms with van der Waals surface area (Å²) >= 11 is 11.1. The molecule has 0 bridgehead atoms. The third kappa shape index (κ3) is 4.03. The van der Waals surface area contributed by atoms with Crippen molar-refractivity contribution in [1.29, 1.82) is 0 Å². The molecule has 4 rings (SSSR count). The molecule has 1 aliphatic rings. The molecule has 2 amide bonds. The lowest BCUT2D eigenvalue weighted by Gasteiger charge is -2.28. The van der Waals surface area contributed by atoms with Gasteiger partial charge in [0.25, 0.3) is 17.5 Å². The van der Waals surface area contributed by atoms with Crippen molar-refractivity contribution in [3.05, 3.63) is 86.6 Å². The molecule has 2 aromatic carbocycles. The van der Waals surface area contributed by atoms with Gasteiger partial charge in [-0.15, -0.1) is 0 Å². The maximum Gasteiger partial charge on any atom is 0.270 e. The van der Waals surface area contributed by atoms with E-state index in [1.54, 1.807) is 49.4 Å². The zero-order valence-corrected chi connectivity index (χ0v) is 18.1. The number of nitro benzene ring substituents is 1. The summed E-state index contributed by atoms with van der Waals surface area (Å²) in [5.41, 5.74) is 1.51. The number of thiocarbonyl (C=S) groups is 1. The van der Waals surface area contributed by atoms with E-state index < -0.39 is 16.7 Å². The predicted octanol–water partition coefficient (Wildman–Crippen LogP) is 4.65. The number of rotatable bonds is 4. The quantitative estimate of drug-likeness (QED) is 0.197. The van der Waals surface area contributed by atoms with Crippen molar-refractivity contribution in [2.24, 2.45) is 0 Å². The lowest BCUT2D eigenvalue weighted by Crippen LogP contribution is -2.54. The number of anilines is 1.